The zero-order valence-corrected chi connectivity index (χ0v) is 50.0. The van der Waals surface area contributed by atoms with E-state index in [1.54, 1.807) is 29.0 Å². The molecular weight excluding hydrogens is 1140 g/mol. The number of aliphatic hydroxyl groups excluding tert-OH is 1. The molecule has 1 fully saturated rings. The Morgan fingerprint density at radius 2 is 1.62 bits per heavy atom. The molecular formula is C62H72N9O13PS. The number of nitrogens with one attached hydrogen (secondary N) is 5. The molecule has 6 aromatic rings. The van der Waals surface area contributed by atoms with Gasteiger partial charge in [-0.3, -0.25) is 47.8 Å². The highest BCUT2D eigenvalue weighted by molar-refractivity contribution is 7.70. The first-order valence-corrected chi connectivity index (χ1v) is 31.2. The number of thiazole rings is 1. The maximum absolute atomic E-state index is 14.5. The number of aromatic amines is 1. The number of fused-ring (bicyclic) bond motifs is 1. The molecule has 2 aromatic heterocycles. The largest absolute Gasteiger partial charge is 0.491 e. The molecule has 22 nitrogen and oxygen atoms in total. The predicted molar refractivity (Wildman–Crippen MR) is 322 cm³/mol. The van der Waals surface area contributed by atoms with Crippen LogP contribution < -0.4 is 36.6 Å². The number of unbranched alkanes of at least 4 members (excludes halogenated alkanes) is 2. The van der Waals surface area contributed by atoms with Crippen molar-refractivity contribution in [3.05, 3.63) is 136 Å². The number of H-pyrrole nitrogens is 1. The first-order valence-electron chi connectivity index (χ1n) is 28.7. The lowest BCUT2D eigenvalue weighted by Crippen LogP contribution is -2.57. The number of para-hydroxylation sites is 1. The van der Waals surface area contributed by atoms with Gasteiger partial charge in [-0.05, 0) is 115 Å². The number of carbonyl (C=O) groups is 8. The molecule has 1 saturated heterocycles. The van der Waals surface area contributed by atoms with Crippen LogP contribution in [0.1, 0.15) is 121 Å². The number of hydrogen-bond donors (Lipinski definition) is 9. The van der Waals surface area contributed by atoms with Crippen LogP contribution in [0.25, 0.3) is 21.3 Å². The van der Waals surface area contributed by atoms with E-state index in [2.05, 4.69) is 31.2 Å². The molecule has 0 radical (unpaired) electrons. The summed E-state index contributed by atoms with van der Waals surface area (Å²) >= 11 is 1.56. The fourth-order valence-electron chi connectivity index (χ4n) is 11.3. The summed E-state index contributed by atoms with van der Waals surface area (Å²) in [5, 5.41) is 22.7. The van der Waals surface area contributed by atoms with E-state index in [9.17, 15) is 57.8 Å². The third-order valence-corrected chi connectivity index (χ3v) is 17.7. The minimum atomic E-state index is -5.05. The highest BCUT2D eigenvalue weighted by Crippen LogP contribution is 2.41. The molecule has 24 heteroatoms. The minimum absolute atomic E-state index is 0.0256. The number of rotatable bonds is 24. The van der Waals surface area contributed by atoms with Crippen LogP contribution in [-0.2, 0) is 59.1 Å². The molecule has 7 amide bonds. The Balaban J connectivity index is 0.739. The molecule has 3 aliphatic rings. The smallest absolute Gasteiger partial charge is 0.396 e. The van der Waals surface area contributed by atoms with Gasteiger partial charge >= 0.3 is 7.60 Å². The number of hydrogen-bond acceptors (Lipinski definition) is 13. The van der Waals surface area contributed by atoms with Gasteiger partial charge in [0.1, 0.15) is 42.2 Å². The minimum Gasteiger partial charge on any atom is -0.491 e. The summed E-state index contributed by atoms with van der Waals surface area (Å²) in [7, 11) is -5.05. The highest BCUT2D eigenvalue weighted by atomic mass is 32.1. The van der Waals surface area contributed by atoms with Gasteiger partial charge in [-0.25, -0.2) is 4.98 Å². The lowest BCUT2D eigenvalue weighted by Gasteiger charge is -2.35. The summed E-state index contributed by atoms with van der Waals surface area (Å²) in [5.74, 6) is -2.80. The van der Waals surface area contributed by atoms with E-state index in [0.29, 0.717) is 41.6 Å². The van der Waals surface area contributed by atoms with E-state index < -0.39 is 84.4 Å². The number of β-amino-alcohol motifs (C(OH)–C–C–N with tert-alkyl or cyclic N) is 1. The SMILES string of the molecule is Cc1ncsc1-c1ccc(CNC(=O)[C@@H]2C[C@@H](O)CN2C(=O)[C@@H](NC(=O)CCCCCc2ccc(OC[C@H](CCC(N)=O)NC(=O)[C@@H]3Cc4cccc5c4N3C(=O)[C@@H](NC(=O)c3cc4cc(C(=O)P(=O)(O)O)ccc4[nH]3)CC5)cc2)C(C)(C)C)cc1. The van der Waals surface area contributed by atoms with Crippen LogP contribution in [0, 0.1) is 12.3 Å². The molecule has 6 atom stereocenters. The number of benzene rings is 4. The van der Waals surface area contributed by atoms with Crippen LogP contribution in [0.2, 0.25) is 0 Å². The first-order chi connectivity index (χ1) is 40.9. The quantitative estimate of drug-likeness (QED) is 0.0261. The first kappa shape index (κ1) is 62.5. The fraction of sp³-hybridized carbons (Fsp3) is 0.403. The Morgan fingerprint density at radius 3 is 2.31 bits per heavy atom. The average molecular weight is 1210 g/mol. The molecule has 0 aliphatic carbocycles. The zero-order chi connectivity index (χ0) is 61.6. The van der Waals surface area contributed by atoms with Gasteiger partial charge in [-0.2, -0.15) is 0 Å². The molecule has 454 valence electrons. The number of primary amides is 1. The maximum Gasteiger partial charge on any atom is 0.396 e. The molecule has 5 heterocycles. The van der Waals surface area contributed by atoms with Crippen molar-refractivity contribution < 1.29 is 62.6 Å². The summed E-state index contributed by atoms with van der Waals surface area (Å²) in [6.45, 7) is 7.69. The van der Waals surface area contributed by atoms with Gasteiger partial charge in [0, 0.05) is 55.2 Å². The summed E-state index contributed by atoms with van der Waals surface area (Å²) in [5.41, 5.74) is 11.6. The van der Waals surface area contributed by atoms with Gasteiger partial charge in [-0.1, -0.05) is 81.8 Å². The second kappa shape index (κ2) is 26.7. The summed E-state index contributed by atoms with van der Waals surface area (Å²) < 4.78 is 17.7. The maximum atomic E-state index is 14.5. The predicted octanol–water partition coefficient (Wildman–Crippen LogP) is 5.66. The van der Waals surface area contributed by atoms with Crippen molar-refractivity contribution in [1.82, 2.24) is 36.1 Å². The van der Waals surface area contributed by atoms with Gasteiger partial charge in [0.05, 0.1) is 33.9 Å². The number of aliphatic hydroxyl groups is 1. The van der Waals surface area contributed by atoms with Crippen LogP contribution in [0.3, 0.4) is 0 Å². The Labute approximate surface area is 501 Å². The third-order valence-electron chi connectivity index (χ3n) is 15.9. The molecule has 4 aromatic carbocycles. The second-order valence-corrected chi connectivity index (χ2v) is 25.8. The van der Waals surface area contributed by atoms with Gasteiger partial charge < -0.3 is 56.5 Å². The number of nitrogens with zero attached hydrogens (tertiary/aromatic N) is 3. The molecule has 0 bridgehead atoms. The van der Waals surface area contributed by atoms with Crippen molar-refractivity contribution in [1.29, 1.82) is 0 Å². The number of ether oxygens (including phenoxy) is 1. The van der Waals surface area contributed by atoms with E-state index in [-0.39, 0.29) is 81.3 Å². The number of carbonyl (C=O) groups excluding carboxylic acids is 8. The van der Waals surface area contributed by atoms with Crippen LogP contribution >= 0.6 is 18.9 Å². The number of anilines is 1. The highest BCUT2D eigenvalue weighted by Gasteiger charge is 2.46. The number of aryl methyl sites for hydroxylation is 3. The fourth-order valence-corrected chi connectivity index (χ4v) is 12.6. The molecule has 0 spiro atoms. The van der Waals surface area contributed by atoms with Gasteiger partial charge in [0.2, 0.25) is 35.4 Å². The van der Waals surface area contributed by atoms with Crippen molar-refractivity contribution in [2.45, 2.75) is 141 Å². The van der Waals surface area contributed by atoms with Crippen LogP contribution in [0.5, 0.6) is 5.75 Å². The molecule has 10 N–H and O–H groups in total. The van der Waals surface area contributed by atoms with Crippen molar-refractivity contribution in [3.8, 4) is 16.2 Å². The lowest BCUT2D eigenvalue weighted by molar-refractivity contribution is -0.144. The molecule has 86 heavy (non-hydrogen) atoms. The summed E-state index contributed by atoms with van der Waals surface area (Å²) in [4.78, 5) is 138. The zero-order valence-electron chi connectivity index (χ0n) is 48.3. The molecule has 0 unspecified atom stereocenters. The van der Waals surface area contributed by atoms with E-state index in [1.807, 2.05) is 82.3 Å². The van der Waals surface area contributed by atoms with Crippen molar-refractivity contribution in [3.63, 3.8) is 0 Å². The summed E-state index contributed by atoms with van der Waals surface area (Å²) in [6.07, 6.45) is 3.07. The molecule has 9 rings (SSSR count). The number of likely N-dealkylation sites (tertiary alicyclic amines) is 1. The third kappa shape index (κ3) is 14.9. The molecule has 3 aliphatic heterocycles. The van der Waals surface area contributed by atoms with Crippen molar-refractivity contribution in [2.75, 3.05) is 18.1 Å². The van der Waals surface area contributed by atoms with Gasteiger partial charge in [-0.15, -0.1) is 11.3 Å². The summed E-state index contributed by atoms with van der Waals surface area (Å²) in [6, 6.07) is 21.6. The Kier molecular flexibility index (Phi) is 19.4. The standard InChI is InChI=1S/C62H72N9O13PS/c1-35-54(86-34-65-35)39-17-13-37(14-18-39)31-64-57(76)49-30-44(72)32-70(49)60(79)55(62(2,3)4)69-52(74)12-7-5-6-9-36-15-22-45(23-16-36)84-33-43(21-26-51(63)73)66-58(77)50-29-40-11-8-10-38-19-25-47(59(78)71(50)53(38)40)68-56(75)48-28-42-27-41(20-24-46(42)67-48)61(80)85(81,82)83/h8,10-11,13-18,20,22-24,27-28,34,43-44,47,49-50,55,67,72H,5-7,9,12,19,21,25-26,29-33H2,1-4H3,(H2,63,73)(H,64,76)(H,66,77)(H,68,75)(H,69,74)(H2,81,82,83)/t43-,44+,47-,49-,50-,55+/m0/s1. The second-order valence-electron chi connectivity index (χ2n) is 23.4. The van der Waals surface area contributed by atoms with E-state index >= 15 is 0 Å². The van der Waals surface area contributed by atoms with Crippen molar-refractivity contribution in [2.24, 2.45) is 11.1 Å². The number of aromatic nitrogens is 2. The van der Waals surface area contributed by atoms with Gasteiger partial charge in [0.25, 0.3) is 11.4 Å². The molecule has 0 saturated carbocycles. The Bertz CT molecular complexity index is 3590. The lowest BCUT2D eigenvalue weighted by atomic mass is 9.85. The average Bonchev–Trinajstić information content (AvgIpc) is 1.87. The normalized spacial score (nSPS) is 18.2. The topological polar surface area (TPSA) is 333 Å². The van der Waals surface area contributed by atoms with Crippen LogP contribution in [-0.4, -0.2) is 126 Å². The van der Waals surface area contributed by atoms with Crippen LogP contribution in [0.15, 0.2) is 96.5 Å². The van der Waals surface area contributed by atoms with Crippen molar-refractivity contribution >= 4 is 82.4 Å². The number of amides is 7. The number of nitrogens with two attached hydrogens (primary N) is 1. The monoisotopic (exact) mass is 1210 g/mol. The van der Waals surface area contributed by atoms with Gasteiger partial charge in [0.15, 0.2) is 0 Å². The van der Waals surface area contributed by atoms with E-state index in [1.165, 1.54) is 34.1 Å². The van der Waals surface area contributed by atoms with E-state index in [4.69, 9.17) is 10.5 Å². The van der Waals surface area contributed by atoms with E-state index in [0.717, 1.165) is 51.2 Å². The van der Waals surface area contributed by atoms with Crippen LogP contribution in [0.4, 0.5) is 5.69 Å². The Hall–Kier alpha value is -8.08. The Morgan fingerprint density at radius 1 is 0.884 bits per heavy atom.